The maximum Gasteiger partial charge on any atom is 0.435 e. The second-order valence-electron chi connectivity index (χ2n) is 5.04. The quantitative estimate of drug-likeness (QED) is 0.403. The molecule has 10 heteroatoms. The number of aromatic nitrogens is 3. The van der Waals surface area contributed by atoms with Crippen molar-refractivity contribution in [1.29, 1.82) is 0 Å². The highest BCUT2D eigenvalue weighted by atomic mass is 127. The van der Waals surface area contributed by atoms with Crippen LogP contribution in [0.5, 0.6) is 0 Å². The molecule has 0 bridgehead atoms. The van der Waals surface area contributed by atoms with Crippen molar-refractivity contribution in [3.05, 3.63) is 47.5 Å². The molecule has 6 nitrogen and oxygen atoms in total. The van der Waals surface area contributed by atoms with E-state index < -0.39 is 11.9 Å². The van der Waals surface area contributed by atoms with Gasteiger partial charge in [-0.2, -0.15) is 18.3 Å². The Morgan fingerprint density at radius 1 is 1.28 bits per heavy atom. The summed E-state index contributed by atoms with van der Waals surface area (Å²) in [5.41, 5.74) is -0.0742. The lowest BCUT2D eigenvalue weighted by molar-refractivity contribution is -0.142. The number of nitrogens with zero attached hydrogens (tertiary/aromatic N) is 4. The summed E-state index contributed by atoms with van der Waals surface area (Å²) in [5, 5.41) is 9.50. The molecular weight excluding hydrogens is 448 g/mol. The van der Waals surface area contributed by atoms with Crippen molar-refractivity contribution in [3.63, 3.8) is 0 Å². The average molecular weight is 468 g/mol. The molecule has 2 heterocycles. The van der Waals surface area contributed by atoms with E-state index in [1.807, 2.05) is 25.1 Å². The van der Waals surface area contributed by atoms with Crippen molar-refractivity contribution in [2.24, 2.45) is 12.0 Å². The Kier molecular flexibility index (Phi) is 8.13. The molecule has 25 heavy (non-hydrogen) atoms. The monoisotopic (exact) mass is 468 g/mol. The number of alkyl halides is 3. The minimum Gasteiger partial charge on any atom is -0.357 e. The van der Waals surface area contributed by atoms with Crippen LogP contribution in [0.4, 0.5) is 13.2 Å². The predicted octanol–water partition coefficient (Wildman–Crippen LogP) is 2.71. The maximum atomic E-state index is 12.9. The summed E-state index contributed by atoms with van der Waals surface area (Å²) >= 11 is 0. The summed E-state index contributed by atoms with van der Waals surface area (Å²) < 4.78 is 40.0. The summed E-state index contributed by atoms with van der Waals surface area (Å²) in [7, 11) is 1.45. The number of hydrogen-bond acceptors (Lipinski definition) is 3. The van der Waals surface area contributed by atoms with Gasteiger partial charge in [0.05, 0.1) is 18.8 Å². The summed E-state index contributed by atoms with van der Waals surface area (Å²) in [6.45, 7) is 2.77. The Hall–Kier alpha value is -1.85. The Labute approximate surface area is 161 Å². The molecule has 0 unspecified atom stereocenters. The lowest BCUT2D eigenvalue weighted by Crippen LogP contribution is -2.37. The number of rotatable bonds is 5. The number of pyridine rings is 1. The zero-order valence-corrected chi connectivity index (χ0v) is 16.2. The molecule has 0 spiro atoms. The number of aliphatic imine (C=N–C) groups is 1. The molecule has 0 saturated carbocycles. The van der Waals surface area contributed by atoms with Crippen LogP contribution in [0, 0.1) is 0 Å². The molecule has 0 atom stereocenters. The van der Waals surface area contributed by atoms with E-state index in [-0.39, 0.29) is 36.1 Å². The van der Waals surface area contributed by atoms with Gasteiger partial charge in [0.1, 0.15) is 0 Å². The number of nitrogens with one attached hydrogen (secondary N) is 2. The summed E-state index contributed by atoms with van der Waals surface area (Å²) in [5.74, 6) is 0.417. The minimum absolute atomic E-state index is 0. The first-order chi connectivity index (χ1) is 11.4. The summed E-state index contributed by atoms with van der Waals surface area (Å²) in [4.78, 5) is 8.37. The van der Waals surface area contributed by atoms with Crippen LogP contribution in [-0.4, -0.2) is 27.3 Å². The van der Waals surface area contributed by atoms with Gasteiger partial charge in [-0.05, 0) is 19.1 Å². The van der Waals surface area contributed by atoms with Crippen molar-refractivity contribution in [2.75, 3.05) is 6.54 Å². The van der Waals surface area contributed by atoms with Crippen LogP contribution in [0.3, 0.4) is 0 Å². The van der Waals surface area contributed by atoms with Crippen LogP contribution in [0.1, 0.15) is 23.9 Å². The summed E-state index contributed by atoms with van der Waals surface area (Å²) in [6.07, 6.45) is -1.49. The van der Waals surface area contributed by atoms with Gasteiger partial charge in [-0.15, -0.1) is 24.0 Å². The van der Waals surface area contributed by atoms with Gasteiger partial charge in [-0.1, -0.05) is 6.07 Å². The molecule has 2 aromatic heterocycles. The van der Waals surface area contributed by atoms with Gasteiger partial charge in [0.15, 0.2) is 11.7 Å². The van der Waals surface area contributed by atoms with Crippen molar-refractivity contribution in [2.45, 2.75) is 26.2 Å². The van der Waals surface area contributed by atoms with E-state index in [0.717, 1.165) is 10.4 Å². The lowest BCUT2D eigenvalue weighted by atomic mass is 10.2. The van der Waals surface area contributed by atoms with E-state index in [9.17, 15) is 13.2 Å². The molecule has 0 aliphatic rings. The third-order valence-corrected chi connectivity index (χ3v) is 3.09. The lowest BCUT2D eigenvalue weighted by Gasteiger charge is -2.11. The van der Waals surface area contributed by atoms with E-state index in [1.54, 1.807) is 6.20 Å². The molecule has 0 aliphatic carbocycles. The second-order valence-corrected chi connectivity index (χ2v) is 5.04. The van der Waals surface area contributed by atoms with Crippen LogP contribution >= 0.6 is 24.0 Å². The number of halogens is 4. The van der Waals surface area contributed by atoms with Crippen LogP contribution in [0.2, 0.25) is 0 Å². The molecule has 2 rings (SSSR count). The van der Waals surface area contributed by atoms with Gasteiger partial charge < -0.3 is 10.6 Å². The third-order valence-electron chi connectivity index (χ3n) is 3.09. The van der Waals surface area contributed by atoms with E-state index >= 15 is 0 Å². The second kappa shape index (κ2) is 9.59. The molecule has 0 amide bonds. The van der Waals surface area contributed by atoms with Crippen molar-refractivity contribution in [3.8, 4) is 0 Å². The predicted molar refractivity (Wildman–Crippen MR) is 99.5 cm³/mol. The maximum absolute atomic E-state index is 12.9. The van der Waals surface area contributed by atoms with Crippen molar-refractivity contribution < 1.29 is 13.2 Å². The Morgan fingerprint density at radius 2 is 2.04 bits per heavy atom. The molecular formula is C15H20F3IN6. The molecule has 0 aromatic carbocycles. The van der Waals surface area contributed by atoms with Crippen LogP contribution in [-0.2, 0) is 26.3 Å². The standard InChI is InChI=1S/C15H19F3N6.HI/c1-3-19-14(22-9-12-6-4-5-7-20-12)21-8-11-10-24(2)23-13(11)15(16,17)18;/h4-7,10H,3,8-9H2,1-2H3,(H2,19,21,22);1H. The topological polar surface area (TPSA) is 67.1 Å². The van der Waals surface area contributed by atoms with E-state index in [4.69, 9.17) is 0 Å². The normalized spacial score (nSPS) is 11.8. The number of hydrogen-bond donors (Lipinski definition) is 2. The number of aryl methyl sites for hydroxylation is 1. The molecule has 0 fully saturated rings. The highest BCUT2D eigenvalue weighted by Crippen LogP contribution is 2.30. The smallest absolute Gasteiger partial charge is 0.357 e. The van der Waals surface area contributed by atoms with Crippen LogP contribution < -0.4 is 10.6 Å². The largest absolute Gasteiger partial charge is 0.435 e. The third kappa shape index (κ3) is 6.52. The first-order valence-corrected chi connectivity index (χ1v) is 7.42. The fourth-order valence-corrected chi connectivity index (χ4v) is 2.07. The zero-order chi connectivity index (χ0) is 17.6. The highest BCUT2D eigenvalue weighted by Gasteiger charge is 2.36. The SMILES string of the molecule is CCNC(=NCc1cn(C)nc1C(F)(F)F)NCc1ccccn1.I. The minimum atomic E-state index is -4.49. The fraction of sp³-hybridized carbons (Fsp3) is 0.400. The van der Waals surface area contributed by atoms with Gasteiger partial charge in [-0.25, -0.2) is 4.99 Å². The Balaban J connectivity index is 0.00000312. The Morgan fingerprint density at radius 3 is 2.64 bits per heavy atom. The molecule has 0 aliphatic heterocycles. The van der Waals surface area contributed by atoms with Gasteiger partial charge in [-0.3, -0.25) is 9.67 Å². The van der Waals surface area contributed by atoms with Crippen molar-refractivity contribution in [1.82, 2.24) is 25.4 Å². The zero-order valence-electron chi connectivity index (χ0n) is 13.8. The molecule has 0 saturated heterocycles. The molecule has 2 aromatic rings. The van der Waals surface area contributed by atoms with Gasteiger partial charge in [0.25, 0.3) is 0 Å². The van der Waals surface area contributed by atoms with Crippen LogP contribution in [0.25, 0.3) is 0 Å². The fourth-order valence-electron chi connectivity index (χ4n) is 2.07. The van der Waals surface area contributed by atoms with Gasteiger partial charge >= 0.3 is 6.18 Å². The van der Waals surface area contributed by atoms with Gasteiger partial charge in [0.2, 0.25) is 0 Å². The van der Waals surface area contributed by atoms with Gasteiger partial charge in [0, 0.05) is 31.5 Å². The Bertz CT molecular complexity index is 684. The first-order valence-electron chi connectivity index (χ1n) is 7.42. The molecule has 0 radical (unpaired) electrons. The summed E-state index contributed by atoms with van der Waals surface area (Å²) in [6, 6.07) is 5.52. The van der Waals surface area contributed by atoms with Crippen molar-refractivity contribution >= 4 is 29.9 Å². The first kappa shape index (κ1) is 21.2. The molecule has 138 valence electrons. The van der Waals surface area contributed by atoms with Crippen LogP contribution in [0.15, 0.2) is 35.6 Å². The highest BCUT2D eigenvalue weighted by molar-refractivity contribution is 14.0. The average Bonchev–Trinajstić information content (AvgIpc) is 2.92. The number of guanidine groups is 1. The van der Waals surface area contributed by atoms with E-state index in [2.05, 4.69) is 25.7 Å². The van der Waals surface area contributed by atoms with E-state index in [1.165, 1.54) is 13.2 Å². The molecule has 2 N–H and O–H groups in total. The van der Waals surface area contributed by atoms with E-state index in [0.29, 0.717) is 19.0 Å².